The molecule has 0 saturated carbocycles. The minimum Gasteiger partial charge on any atom is -0.444 e. The Hall–Kier alpha value is -1.82. The van der Waals surface area contributed by atoms with Gasteiger partial charge >= 0.3 is 6.09 Å². The van der Waals surface area contributed by atoms with Gasteiger partial charge in [-0.15, -0.1) is 0 Å². The highest BCUT2D eigenvalue weighted by atomic mass is 16.6. The van der Waals surface area contributed by atoms with Gasteiger partial charge in [-0.25, -0.2) is 9.78 Å². The first-order chi connectivity index (χ1) is 11.5. The van der Waals surface area contributed by atoms with Crippen molar-refractivity contribution in [3.05, 3.63) is 23.8 Å². The highest BCUT2D eigenvalue weighted by Crippen LogP contribution is 2.18. The number of allylic oxidation sites excluding steroid dienone is 2. The molecule has 1 heterocycles. The third-order valence-electron chi connectivity index (χ3n) is 3.81. The standard InChI is InChI=1S/C19H33N3O3/c1-9-10-13(2)16-11-20-17(21-16)14(3)12-24-15(4)22(8)18(23)25-19(5,6)7/h10-11,14-15H,9,12H2,1-8H3,(H,20,21)/b13-10+. The fourth-order valence-electron chi connectivity index (χ4n) is 2.16. The molecule has 1 N–H and O–H groups in total. The minimum absolute atomic E-state index is 0.0951. The molecule has 0 aliphatic heterocycles. The van der Waals surface area contributed by atoms with Crippen LogP contribution in [0.4, 0.5) is 4.79 Å². The van der Waals surface area contributed by atoms with Crippen LogP contribution in [0.3, 0.4) is 0 Å². The first kappa shape index (κ1) is 21.2. The maximum Gasteiger partial charge on any atom is 0.412 e. The van der Waals surface area contributed by atoms with Crippen molar-refractivity contribution < 1.29 is 14.3 Å². The summed E-state index contributed by atoms with van der Waals surface area (Å²) in [6, 6.07) is 0. The van der Waals surface area contributed by atoms with Gasteiger partial charge in [-0.05, 0) is 46.6 Å². The molecular formula is C19H33N3O3. The van der Waals surface area contributed by atoms with Crippen molar-refractivity contribution >= 4 is 11.7 Å². The van der Waals surface area contributed by atoms with Crippen LogP contribution in [0.5, 0.6) is 0 Å². The molecule has 0 saturated heterocycles. The molecule has 1 amide bonds. The lowest BCUT2D eigenvalue weighted by atomic mass is 10.2. The Morgan fingerprint density at radius 3 is 2.60 bits per heavy atom. The van der Waals surface area contributed by atoms with E-state index in [2.05, 4.69) is 29.9 Å². The van der Waals surface area contributed by atoms with E-state index in [0.717, 1.165) is 17.9 Å². The summed E-state index contributed by atoms with van der Waals surface area (Å²) in [5.41, 5.74) is 1.70. The summed E-state index contributed by atoms with van der Waals surface area (Å²) in [5.74, 6) is 0.976. The summed E-state index contributed by atoms with van der Waals surface area (Å²) >= 11 is 0. The maximum absolute atomic E-state index is 12.1. The van der Waals surface area contributed by atoms with Crippen molar-refractivity contribution in [2.45, 2.75) is 72.6 Å². The van der Waals surface area contributed by atoms with Crippen LogP contribution in [0.15, 0.2) is 12.3 Å². The molecular weight excluding hydrogens is 318 g/mol. The molecule has 2 atom stereocenters. The first-order valence-corrected chi connectivity index (χ1v) is 8.84. The van der Waals surface area contributed by atoms with Gasteiger partial charge in [0.2, 0.25) is 0 Å². The van der Waals surface area contributed by atoms with E-state index >= 15 is 0 Å². The third-order valence-corrected chi connectivity index (χ3v) is 3.81. The number of carbonyl (C=O) groups is 1. The highest BCUT2D eigenvalue weighted by Gasteiger charge is 2.24. The number of nitrogens with zero attached hydrogens (tertiary/aromatic N) is 2. The largest absolute Gasteiger partial charge is 0.444 e. The quantitative estimate of drug-likeness (QED) is 0.732. The van der Waals surface area contributed by atoms with Crippen molar-refractivity contribution in [1.82, 2.24) is 14.9 Å². The van der Waals surface area contributed by atoms with Gasteiger partial charge in [-0.3, -0.25) is 4.90 Å². The second-order valence-corrected chi connectivity index (χ2v) is 7.40. The summed E-state index contributed by atoms with van der Waals surface area (Å²) in [7, 11) is 1.67. The second-order valence-electron chi connectivity index (χ2n) is 7.40. The Morgan fingerprint density at radius 2 is 2.04 bits per heavy atom. The number of H-pyrrole nitrogens is 1. The first-order valence-electron chi connectivity index (χ1n) is 8.84. The Balaban J connectivity index is 2.57. The number of amides is 1. The molecule has 1 aromatic rings. The van der Waals surface area contributed by atoms with Crippen LogP contribution in [-0.4, -0.2) is 46.4 Å². The number of hydrogen-bond acceptors (Lipinski definition) is 4. The second kappa shape index (κ2) is 9.04. The van der Waals surface area contributed by atoms with E-state index < -0.39 is 11.7 Å². The molecule has 0 aromatic carbocycles. The Morgan fingerprint density at radius 1 is 1.40 bits per heavy atom. The lowest BCUT2D eigenvalue weighted by Crippen LogP contribution is -2.41. The van der Waals surface area contributed by atoms with Gasteiger partial charge in [-0.2, -0.15) is 0 Å². The third kappa shape index (κ3) is 6.90. The van der Waals surface area contributed by atoms with Crippen LogP contribution in [0.1, 0.15) is 72.3 Å². The van der Waals surface area contributed by atoms with Gasteiger partial charge < -0.3 is 14.5 Å². The molecule has 1 aromatic heterocycles. The number of nitrogens with one attached hydrogen (secondary N) is 1. The zero-order valence-corrected chi connectivity index (χ0v) is 16.8. The lowest BCUT2D eigenvalue weighted by molar-refractivity contribution is -0.0519. The zero-order chi connectivity index (χ0) is 19.2. The fraction of sp³-hybridized carbons (Fsp3) is 0.684. The predicted octanol–water partition coefficient (Wildman–Crippen LogP) is 4.56. The van der Waals surface area contributed by atoms with Crippen molar-refractivity contribution in [1.29, 1.82) is 0 Å². The number of rotatable bonds is 7. The van der Waals surface area contributed by atoms with Crippen molar-refractivity contribution in [3.8, 4) is 0 Å². The molecule has 0 spiro atoms. The smallest absolute Gasteiger partial charge is 0.412 e. The van der Waals surface area contributed by atoms with E-state index in [0.29, 0.717) is 6.61 Å². The lowest BCUT2D eigenvalue weighted by Gasteiger charge is -2.29. The molecule has 0 aliphatic carbocycles. The fourth-order valence-corrected chi connectivity index (χ4v) is 2.16. The summed E-state index contributed by atoms with van der Waals surface area (Å²) in [6.45, 7) is 14.0. The number of aromatic amines is 1. The van der Waals surface area contributed by atoms with Crippen LogP contribution in [0.2, 0.25) is 0 Å². The van der Waals surface area contributed by atoms with Gasteiger partial charge in [0.25, 0.3) is 0 Å². The van der Waals surface area contributed by atoms with E-state index in [1.54, 1.807) is 7.05 Å². The molecule has 25 heavy (non-hydrogen) atoms. The summed E-state index contributed by atoms with van der Waals surface area (Å²) in [4.78, 5) is 21.3. The molecule has 0 bridgehead atoms. The van der Waals surface area contributed by atoms with Crippen molar-refractivity contribution in [3.63, 3.8) is 0 Å². The molecule has 6 heteroatoms. The van der Waals surface area contributed by atoms with Gasteiger partial charge in [0.05, 0.1) is 18.5 Å². The number of carbonyl (C=O) groups excluding carboxylic acids is 1. The average molecular weight is 351 g/mol. The highest BCUT2D eigenvalue weighted by molar-refractivity contribution is 5.67. The van der Waals surface area contributed by atoms with E-state index in [1.165, 1.54) is 10.5 Å². The van der Waals surface area contributed by atoms with Crippen LogP contribution < -0.4 is 0 Å². The van der Waals surface area contributed by atoms with E-state index in [4.69, 9.17) is 9.47 Å². The van der Waals surface area contributed by atoms with Crippen LogP contribution >= 0.6 is 0 Å². The zero-order valence-electron chi connectivity index (χ0n) is 16.8. The van der Waals surface area contributed by atoms with Gasteiger partial charge in [-0.1, -0.05) is 19.9 Å². The Bertz CT molecular complexity index is 587. The van der Waals surface area contributed by atoms with Gasteiger partial charge in [0, 0.05) is 13.0 Å². The summed E-state index contributed by atoms with van der Waals surface area (Å²) in [5, 5.41) is 0. The van der Waals surface area contributed by atoms with E-state index in [-0.39, 0.29) is 12.1 Å². The minimum atomic E-state index is -0.521. The van der Waals surface area contributed by atoms with E-state index in [1.807, 2.05) is 40.8 Å². The molecule has 142 valence electrons. The van der Waals surface area contributed by atoms with Crippen molar-refractivity contribution in [2.75, 3.05) is 13.7 Å². The summed E-state index contributed by atoms with van der Waals surface area (Å²) in [6.07, 6.45) is 4.23. The molecule has 0 aliphatic rings. The molecule has 6 nitrogen and oxygen atoms in total. The molecule has 0 fully saturated rings. The topological polar surface area (TPSA) is 67.4 Å². The van der Waals surface area contributed by atoms with Gasteiger partial charge in [0.1, 0.15) is 17.7 Å². The molecule has 0 radical (unpaired) electrons. The number of hydrogen-bond donors (Lipinski definition) is 1. The predicted molar refractivity (Wildman–Crippen MR) is 100 cm³/mol. The molecule has 2 unspecified atom stereocenters. The average Bonchev–Trinajstić information content (AvgIpc) is 3.00. The Kier molecular flexibility index (Phi) is 7.67. The molecule has 1 rings (SSSR count). The number of aromatic nitrogens is 2. The van der Waals surface area contributed by atoms with Gasteiger partial charge in [0.15, 0.2) is 0 Å². The maximum atomic E-state index is 12.1. The Labute approximate surface area is 151 Å². The number of ether oxygens (including phenoxy) is 2. The normalized spacial score (nSPS) is 15.0. The van der Waals surface area contributed by atoms with Crippen LogP contribution in [-0.2, 0) is 9.47 Å². The SMILES string of the molecule is CC/C=C(\C)c1cnc(C(C)COC(C)N(C)C(=O)OC(C)(C)C)[nH]1. The van der Waals surface area contributed by atoms with E-state index in [9.17, 15) is 4.79 Å². The number of imidazole rings is 1. The van der Waals surface area contributed by atoms with Crippen LogP contribution in [0, 0.1) is 0 Å². The van der Waals surface area contributed by atoms with Crippen molar-refractivity contribution in [2.24, 2.45) is 0 Å². The van der Waals surface area contributed by atoms with Crippen LogP contribution in [0.25, 0.3) is 5.57 Å². The summed E-state index contributed by atoms with van der Waals surface area (Å²) < 4.78 is 11.2. The monoisotopic (exact) mass is 351 g/mol.